The number of amides is 1. The first-order chi connectivity index (χ1) is 15.7. The number of halogens is 3. The molecule has 0 atom stereocenters. The number of hydrogen-bond donors (Lipinski definition) is 1. The average Bonchev–Trinajstić information content (AvgIpc) is 3.44. The molecular formula is C22H17F3N4O2S2. The number of carbonyl (C=O) groups is 1. The monoisotopic (exact) mass is 490 g/mol. The minimum atomic E-state index is -4.54. The second-order valence-electron chi connectivity index (χ2n) is 7.03. The van der Waals surface area contributed by atoms with Gasteiger partial charge in [0.05, 0.1) is 27.6 Å². The molecule has 0 radical (unpaired) electrons. The third kappa shape index (κ3) is 5.20. The first kappa shape index (κ1) is 22.9. The topological polar surface area (TPSA) is 76.9 Å². The second-order valence-corrected chi connectivity index (χ2v) is 8.97. The Bertz CT molecular complexity index is 1340. The van der Waals surface area contributed by atoms with Crippen LogP contribution in [0.4, 0.5) is 13.2 Å². The molecule has 0 spiro atoms. The maximum Gasteiger partial charge on any atom is 0.416 e. The SMILES string of the molecule is Cc1nc(-c2cccs2)sc1-c1ccc(=O)n(CCNC(=O)c2cccc(C(F)(F)F)c2)n1. The van der Waals surface area contributed by atoms with Crippen molar-refractivity contribution in [3.8, 4) is 20.5 Å². The number of rotatable bonds is 6. The molecule has 4 aromatic rings. The molecule has 0 aliphatic carbocycles. The molecule has 0 unspecified atom stereocenters. The highest BCUT2D eigenvalue weighted by Gasteiger charge is 2.30. The summed E-state index contributed by atoms with van der Waals surface area (Å²) in [5, 5.41) is 9.76. The number of alkyl halides is 3. The van der Waals surface area contributed by atoms with Crippen LogP contribution in [0.1, 0.15) is 21.6 Å². The maximum absolute atomic E-state index is 12.9. The number of benzene rings is 1. The normalized spacial score (nSPS) is 11.5. The minimum Gasteiger partial charge on any atom is -0.350 e. The predicted octanol–water partition coefficient (Wildman–Crippen LogP) is 4.85. The Kier molecular flexibility index (Phi) is 6.43. The molecule has 0 fully saturated rings. The summed E-state index contributed by atoms with van der Waals surface area (Å²) >= 11 is 3.06. The van der Waals surface area contributed by atoms with E-state index in [4.69, 9.17) is 0 Å². The highest BCUT2D eigenvalue weighted by Crippen LogP contribution is 2.35. The van der Waals surface area contributed by atoms with E-state index in [9.17, 15) is 22.8 Å². The fourth-order valence-electron chi connectivity index (χ4n) is 3.08. The van der Waals surface area contributed by atoms with Gasteiger partial charge in [-0.15, -0.1) is 22.7 Å². The zero-order valence-corrected chi connectivity index (χ0v) is 18.9. The Balaban J connectivity index is 1.46. The van der Waals surface area contributed by atoms with Gasteiger partial charge in [0.2, 0.25) is 0 Å². The molecule has 0 aliphatic rings. The van der Waals surface area contributed by atoms with Gasteiger partial charge in [0.25, 0.3) is 11.5 Å². The molecule has 11 heteroatoms. The first-order valence-electron chi connectivity index (χ1n) is 9.77. The maximum atomic E-state index is 12.9. The molecule has 1 aromatic carbocycles. The summed E-state index contributed by atoms with van der Waals surface area (Å²) in [6.07, 6.45) is -4.54. The molecule has 0 saturated carbocycles. The van der Waals surface area contributed by atoms with E-state index in [1.54, 1.807) is 17.4 Å². The third-order valence-corrected chi connectivity index (χ3v) is 6.91. The van der Waals surface area contributed by atoms with Crippen LogP contribution < -0.4 is 10.9 Å². The largest absolute Gasteiger partial charge is 0.416 e. The van der Waals surface area contributed by atoms with Gasteiger partial charge in [-0.05, 0) is 42.6 Å². The molecular weight excluding hydrogens is 473 g/mol. The van der Waals surface area contributed by atoms with Crippen LogP contribution >= 0.6 is 22.7 Å². The number of aryl methyl sites for hydroxylation is 1. The van der Waals surface area contributed by atoms with Gasteiger partial charge in [0, 0.05) is 18.2 Å². The smallest absolute Gasteiger partial charge is 0.350 e. The van der Waals surface area contributed by atoms with Gasteiger partial charge in [-0.3, -0.25) is 9.59 Å². The fourth-order valence-corrected chi connectivity index (χ4v) is 4.91. The van der Waals surface area contributed by atoms with Crippen LogP contribution in [0.25, 0.3) is 20.5 Å². The summed E-state index contributed by atoms with van der Waals surface area (Å²) in [6.45, 7) is 1.95. The standard InChI is InChI=1S/C22H17F3N4O2S2/c1-13-19(33-21(27-13)17-6-3-11-32-17)16-7-8-18(30)29(28-16)10-9-26-20(31)14-4-2-5-15(12-14)22(23,24)25/h2-8,11-12H,9-10H2,1H3,(H,26,31). The highest BCUT2D eigenvalue weighted by molar-refractivity contribution is 7.23. The van der Waals surface area contributed by atoms with Crippen LogP contribution in [0, 0.1) is 6.92 Å². The van der Waals surface area contributed by atoms with Gasteiger partial charge in [0.15, 0.2) is 0 Å². The van der Waals surface area contributed by atoms with Crippen LogP contribution in [0.3, 0.4) is 0 Å². The van der Waals surface area contributed by atoms with Crippen molar-refractivity contribution in [3.05, 3.63) is 81.1 Å². The lowest BCUT2D eigenvalue weighted by Crippen LogP contribution is -2.32. The number of hydrogen-bond acceptors (Lipinski definition) is 6. The summed E-state index contributed by atoms with van der Waals surface area (Å²) in [7, 11) is 0. The summed E-state index contributed by atoms with van der Waals surface area (Å²) in [5.41, 5.74) is 0.00568. The lowest BCUT2D eigenvalue weighted by molar-refractivity contribution is -0.137. The van der Waals surface area contributed by atoms with Crippen LogP contribution in [0.5, 0.6) is 0 Å². The van der Waals surface area contributed by atoms with Gasteiger partial charge in [0.1, 0.15) is 10.7 Å². The van der Waals surface area contributed by atoms with Crippen LogP contribution in [-0.4, -0.2) is 27.2 Å². The van der Waals surface area contributed by atoms with E-state index in [-0.39, 0.29) is 24.2 Å². The molecule has 3 aromatic heterocycles. The number of thiazole rings is 1. The molecule has 0 saturated heterocycles. The van der Waals surface area contributed by atoms with Gasteiger partial charge in [-0.25, -0.2) is 9.67 Å². The van der Waals surface area contributed by atoms with Gasteiger partial charge in [-0.1, -0.05) is 12.1 Å². The van der Waals surface area contributed by atoms with E-state index >= 15 is 0 Å². The lowest BCUT2D eigenvalue weighted by Gasteiger charge is -2.10. The molecule has 6 nitrogen and oxygen atoms in total. The molecule has 1 amide bonds. The molecule has 3 heterocycles. The van der Waals surface area contributed by atoms with Crippen LogP contribution in [-0.2, 0) is 12.7 Å². The number of thiophene rings is 1. The molecule has 33 heavy (non-hydrogen) atoms. The van der Waals surface area contributed by atoms with E-state index in [1.165, 1.54) is 34.2 Å². The van der Waals surface area contributed by atoms with Crippen LogP contribution in [0.2, 0.25) is 0 Å². The zero-order chi connectivity index (χ0) is 23.6. The van der Waals surface area contributed by atoms with E-state index < -0.39 is 17.6 Å². The molecule has 170 valence electrons. The summed E-state index contributed by atoms with van der Waals surface area (Å²) < 4.78 is 39.8. The van der Waals surface area contributed by atoms with Crippen molar-refractivity contribution >= 4 is 28.6 Å². The molecule has 4 rings (SSSR count). The first-order valence-corrected chi connectivity index (χ1v) is 11.5. The Labute approximate surface area is 194 Å². The predicted molar refractivity (Wildman–Crippen MR) is 121 cm³/mol. The van der Waals surface area contributed by atoms with E-state index in [1.807, 2.05) is 24.4 Å². The number of nitrogens with zero attached hydrogens (tertiary/aromatic N) is 3. The van der Waals surface area contributed by atoms with Gasteiger partial charge < -0.3 is 5.32 Å². The Hall–Kier alpha value is -3.31. The van der Waals surface area contributed by atoms with Crippen molar-refractivity contribution in [3.63, 3.8) is 0 Å². The molecule has 0 aliphatic heterocycles. The summed E-state index contributed by atoms with van der Waals surface area (Å²) in [4.78, 5) is 31.0. The Morgan fingerprint density at radius 2 is 1.97 bits per heavy atom. The van der Waals surface area contributed by atoms with Gasteiger partial charge >= 0.3 is 6.18 Å². The third-order valence-electron chi connectivity index (χ3n) is 4.69. The minimum absolute atomic E-state index is 0.0214. The number of aromatic nitrogens is 3. The zero-order valence-electron chi connectivity index (χ0n) is 17.2. The molecule has 0 bridgehead atoms. The highest BCUT2D eigenvalue weighted by atomic mass is 32.1. The fraction of sp³-hybridized carbons (Fsp3) is 0.182. The van der Waals surface area contributed by atoms with Crippen molar-refractivity contribution in [2.24, 2.45) is 0 Å². The van der Waals surface area contributed by atoms with E-state index in [0.29, 0.717) is 5.69 Å². The second kappa shape index (κ2) is 9.28. The van der Waals surface area contributed by atoms with E-state index in [0.717, 1.165) is 32.6 Å². The van der Waals surface area contributed by atoms with Crippen molar-refractivity contribution in [1.29, 1.82) is 0 Å². The Morgan fingerprint density at radius 3 is 2.70 bits per heavy atom. The van der Waals surface area contributed by atoms with Crippen LogP contribution in [0.15, 0.2) is 58.7 Å². The van der Waals surface area contributed by atoms with Gasteiger partial charge in [-0.2, -0.15) is 18.3 Å². The number of carbonyl (C=O) groups excluding carboxylic acids is 1. The summed E-state index contributed by atoms with van der Waals surface area (Å²) in [6, 6.07) is 11.1. The van der Waals surface area contributed by atoms with Crippen molar-refractivity contribution in [2.75, 3.05) is 6.54 Å². The van der Waals surface area contributed by atoms with Crippen molar-refractivity contribution < 1.29 is 18.0 Å². The average molecular weight is 491 g/mol. The Morgan fingerprint density at radius 1 is 1.15 bits per heavy atom. The number of nitrogens with one attached hydrogen (secondary N) is 1. The molecule has 1 N–H and O–H groups in total. The van der Waals surface area contributed by atoms with Crippen molar-refractivity contribution in [1.82, 2.24) is 20.1 Å². The lowest BCUT2D eigenvalue weighted by atomic mass is 10.1. The quantitative estimate of drug-likeness (QED) is 0.419. The van der Waals surface area contributed by atoms with Crippen molar-refractivity contribution in [2.45, 2.75) is 19.6 Å². The summed E-state index contributed by atoms with van der Waals surface area (Å²) in [5.74, 6) is -0.663. The van der Waals surface area contributed by atoms with E-state index in [2.05, 4.69) is 15.4 Å².